The summed E-state index contributed by atoms with van der Waals surface area (Å²) < 4.78 is 0.891. The first-order valence-corrected chi connectivity index (χ1v) is 6.54. The smallest absolute Gasteiger partial charge is 0.0931 e. The minimum atomic E-state index is 0.315. The van der Waals surface area contributed by atoms with Crippen LogP contribution in [0.4, 0.5) is 0 Å². The van der Waals surface area contributed by atoms with E-state index in [-0.39, 0.29) is 0 Å². The Balaban J connectivity index is 2.48. The summed E-state index contributed by atoms with van der Waals surface area (Å²) in [4.78, 5) is 1.38. The Morgan fingerprint density at radius 2 is 2.07 bits per heavy atom. The molecule has 86 valence electrons. The van der Waals surface area contributed by atoms with E-state index >= 15 is 0 Å². The van der Waals surface area contributed by atoms with Crippen molar-refractivity contribution in [1.82, 2.24) is 5.32 Å². The predicted octanol–water partition coefficient (Wildman–Crippen LogP) is 3.97. The van der Waals surface area contributed by atoms with Gasteiger partial charge in [0, 0.05) is 10.9 Å². The van der Waals surface area contributed by atoms with Crippen molar-refractivity contribution < 1.29 is 0 Å². The highest BCUT2D eigenvalue weighted by Gasteiger charge is 2.22. The number of halogens is 1. The SMILES string of the molecule is CNC(CCc1ccc(Cl)s1)C(C)(C)C. The summed E-state index contributed by atoms with van der Waals surface area (Å²) in [7, 11) is 2.04. The fourth-order valence-electron chi connectivity index (χ4n) is 1.78. The Labute approximate surface area is 102 Å². The van der Waals surface area contributed by atoms with Crippen LogP contribution in [0.1, 0.15) is 32.1 Å². The van der Waals surface area contributed by atoms with Gasteiger partial charge in [0.05, 0.1) is 4.34 Å². The van der Waals surface area contributed by atoms with Crippen LogP contribution in [0.5, 0.6) is 0 Å². The number of rotatable bonds is 4. The standard InChI is InChI=1S/C12H20ClNS/c1-12(2,3)10(14-4)7-5-9-6-8-11(13)15-9/h6,8,10,14H,5,7H2,1-4H3. The maximum absolute atomic E-state index is 5.90. The molecule has 0 aromatic carbocycles. The van der Waals surface area contributed by atoms with Crippen molar-refractivity contribution in [2.45, 2.75) is 39.7 Å². The highest BCUT2D eigenvalue weighted by atomic mass is 35.5. The van der Waals surface area contributed by atoms with E-state index < -0.39 is 0 Å². The molecule has 1 aromatic rings. The zero-order chi connectivity index (χ0) is 11.5. The largest absolute Gasteiger partial charge is 0.316 e. The van der Waals surface area contributed by atoms with Gasteiger partial charge in [-0.25, -0.2) is 0 Å². The van der Waals surface area contributed by atoms with Crippen LogP contribution < -0.4 is 5.32 Å². The summed E-state index contributed by atoms with van der Waals surface area (Å²) in [5, 5.41) is 3.39. The van der Waals surface area contributed by atoms with Crippen LogP contribution in [-0.4, -0.2) is 13.1 Å². The summed E-state index contributed by atoms with van der Waals surface area (Å²) in [5.41, 5.74) is 0.315. The zero-order valence-corrected chi connectivity index (χ0v) is 11.5. The van der Waals surface area contributed by atoms with Crippen LogP contribution in [0, 0.1) is 5.41 Å². The van der Waals surface area contributed by atoms with Gasteiger partial charge in [-0.15, -0.1) is 11.3 Å². The molecule has 0 amide bonds. The monoisotopic (exact) mass is 245 g/mol. The van der Waals surface area contributed by atoms with Crippen molar-refractivity contribution >= 4 is 22.9 Å². The lowest BCUT2D eigenvalue weighted by Gasteiger charge is -2.30. The van der Waals surface area contributed by atoms with Gasteiger partial charge in [-0.05, 0) is 37.4 Å². The molecule has 0 bridgehead atoms. The van der Waals surface area contributed by atoms with Crippen LogP contribution in [0.25, 0.3) is 0 Å². The lowest BCUT2D eigenvalue weighted by molar-refractivity contribution is 0.268. The first-order valence-electron chi connectivity index (χ1n) is 5.35. The van der Waals surface area contributed by atoms with E-state index in [1.165, 1.54) is 4.88 Å². The van der Waals surface area contributed by atoms with Gasteiger partial charge >= 0.3 is 0 Å². The van der Waals surface area contributed by atoms with Crippen LogP contribution in [0.3, 0.4) is 0 Å². The molecule has 1 heterocycles. The van der Waals surface area contributed by atoms with Crippen molar-refractivity contribution in [2.75, 3.05) is 7.05 Å². The number of thiophene rings is 1. The molecular weight excluding hydrogens is 226 g/mol. The summed E-state index contributed by atoms with van der Waals surface area (Å²) in [6.45, 7) is 6.82. The predicted molar refractivity (Wildman–Crippen MR) is 70.0 cm³/mol. The first-order chi connectivity index (χ1) is 6.93. The maximum atomic E-state index is 5.90. The maximum Gasteiger partial charge on any atom is 0.0931 e. The molecular formula is C12H20ClNS. The Hall–Kier alpha value is -0.0500. The second kappa shape index (κ2) is 5.33. The first kappa shape index (κ1) is 13.0. The van der Waals surface area contributed by atoms with Crippen LogP contribution >= 0.6 is 22.9 Å². The molecule has 1 N–H and O–H groups in total. The van der Waals surface area contributed by atoms with E-state index in [0.29, 0.717) is 11.5 Å². The lowest BCUT2D eigenvalue weighted by Crippen LogP contribution is -2.38. The molecule has 1 aromatic heterocycles. The van der Waals surface area contributed by atoms with Crippen molar-refractivity contribution in [3.63, 3.8) is 0 Å². The quantitative estimate of drug-likeness (QED) is 0.847. The fourth-order valence-corrected chi connectivity index (χ4v) is 2.89. The van der Waals surface area contributed by atoms with E-state index in [0.717, 1.165) is 17.2 Å². The van der Waals surface area contributed by atoms with Crippen molar-refractivity contribution in [2.24, 2.45) is 5.41 Å². The van der Waals surface area contributed by atoms with Gasteiger partial charge in [0.2, 0.25) is 0 Å². The molecule has 0 aliphatic rings. The van der Waals surface area contributed by atoms with Gasteiger partial charge in [0.25, 0.3) is 0 Å². The van der Waals surface area contributed by atoms with Gasteiger partial charge in [-0.1, -0.05) is 32.4 Å². The minimum Gasteiger partial charge on any atom is -0.316 e. The molecule has 1 unspecified atom stereocenters. The molecule has 0 saturated heterocycles. The number of hydrogen-bond donors (Lipinski definition) is 1. The summed E-state index contributed by atoms with van der Waals surface area (Å²) in [6, 6.07) is 4.66. The second-order valence-corrected chi connectivity index (χ2v) is 6.75. The average molecular weight is 246 g/mol. The van der Waals surface area contributed by atoms with Crippen molar-refractivity contribution in [1.29, 1.82) is 0 Å². The molecule has 0 fully saturated rings. The molecule has 1 rings (SSSR count). The Morgan fingerprint density at radius 3 is 2.47 bits per heavy atom. The molecule has 0 radical (unpaired) electrons. The summed E-state index contributed by atoms with van der Waals surface area (Å²) >= 11 is 7.59. The van der Waals surface area contributed by atoms with Crippen molar-refractivity contribution in [3.8, 4) is 0 Å². The highest BCUT2D eigenvalue weighted by molar-refractivity contribution is 7.16. The van der Waals surface area contributed by atoms with Gasteiger partial charge in [0.15, 0.2) is 0 Å². The lowest BCUT2D eigenvalue weighted by atomic mass is 9.84. The van der Waals surface area contributed by atoms with E-state index in [1.54, 1.807) is 11.3 Å². The highest BCUT2D eigenvalue weighted by Crippen LogP contribution is 2.26. The third kappa shape index (κ3) is 4.13. The van der Waals surface area contributed by atoms with E-state index in [1.807, 2.05) is 13.1 Å². The number of nitrogens with one attached hydrogen (secondary N) is 1. The summed E-state index contributed by atoms with van der Waals surface area (Å²) in [5.74, 6) is 0. The van der Waals surface area contributed by atoms with Crippen LogP contribution in [0.15, 0.2) is 12.1 Å². The van der Waals surface area contributed by atoms with E-state index in [2.05, 4.69) is 32.2 Å². The Morgan fingerprint density at radius 1 is 1.40 bits per heavy atom. The van der Waals surface area contributed by atoms with Gasteiger partial charge in [-0.2, -0.15) is 0 Å². The Kier molecular flexibility index (Phi) is 4.63. The second-order valence-electron chi connectivity index (χ2n) is 4.95. The third-order valence-electron chi connectivity index (χ3n) is 2.70. The van der Waals surface area contributed by atoms with Crippen LogP contribution in [-0.2, 0) is 6.42 Å². The van der Waals surface area contributed by atoms with E-state index in [9.17, 15) is 0 Å². The molecule has 0 aliphatic heterocycles. The molecule has 3 heteroatoms. The third-order valence-corrected chi connectivity index (χ3v) is 3.99. The average Bonchev–Trinajstić information content (AvgIpc) is 2.50. The molecule has 0 spiro atoms. The summed E-state index contributed by atoms with van der Waals surface area (Å²) in [6.07, 6.45) is 2.27. The molecule has 15 heavy (non-hydrogen) atoms. The van der Waals surface area contributed by atoms with Gasteiger partial charge < -0.3 is 5.32 Å². The van der Waals surface area contributed by atoms with E-state index in [4.69, 9.17) is 11.6 Å². The normalized spacial score (nSPS) is 14.2. The Bertz CT molecular complexity index is 301. The van der Waals surface area contributed by atoms with Gasteiger partial charge in [0.1, 0.15) is 0 Å². The number of hydrogen-bond acceptors (Lipinski definition) is 2. The fraction of sp³-hybridized carbons (Fsp3) is 0.667. The molecule has 1 atom stereocenters. The van der Waals surface area contributed by atoms with Gasteiger partial charge in [-0.3, -0.25) is 0 Å². The number of aryl methyl sites for hydroxylation is 1. The molecule has 0 aliphatic carbocycles. The van der Waals surface area contributed by atoms with Crippen molar-refractivity contribution in [3.05, 3.63) is 21.3 Å². The molecule has 0 saturated carbocycles. The minimum absolute atomic E-state index is 0.315. The van der Waals surface area contributed by atoms with Crippen LogP contribution in [0.2, 0.25) is 4.34 Å². The molecule has 1 nitrogen and oxygen atoms in total. The zero-order valence-electron chi connectivity index (χ0n) is 9.93. The topological polar surface area (TPSA) is 12.0 Å².